The Morgan fingerprint density at radius 1 is 0.364 bits per heavy atom. The van der Waals surface area contributed by atoms with Gasteiger partial charge in [-0.1, -0.05) is 79.7 Å². The molecule has 0 atom stereocenters. The van der Waals surface area contributed by atoms with Gasteiger partial charge in [-0.15, -0.1) is 0 Å². The van der Waals surface area contributed by atoms with E-state index in [2.05, 4.69) is 102 Å². The van der Waals surface area contributed by atoms with Crippen molar-refractivity contribution >= 4 is 11.6 Å². The molecule has 0 saturated heterocycles. The van der Waals surface area contributed by atoms with Crippen molar-refractivity contribution in [3.05, 3.63) is 24.3 Å². The summed E-state index contributed by atoms with van der Waals surface area (Å²) in [7, 11) is 0. The van der Waals surface area contributed by atoms with E-state index in [0.717, 1.165) is 65.0 Å². The molecule has 0 amide bonds. The number of hydrogen-bond acceptors (Lipinski definition) is 6. The number of hydrogen-bond donors (Lipinski definition) is 0. The molecule has 0 saturated carbocycles. The Morgan fingerprint density at radius 2 is 0.523 bits per heavy atom. The van der Waals surface area contributed by atoms with Gasteiger partial charge in [-0.05, 0) is 131 Å². The molecule has 0 aromatic rings. The molecule has 0 spiro atoms. The van der Waals surface area contributed by atoms with Crippen LogP contribution in [0.5, 0.6) is 0 Å². The normalized spacial score (nSPS) is 10.5. The third-order valence-corrected chi connectivity index (χ3v) is 6.20. The van der Waals surface area contributed by atoms with Crippen LogP contribution >= 0.6 is 0 Å². The zero-order valence-electron chi connectivity index (χ0n) is 32.2. The van der Waals surface area contributed by atoms with Crippen LogP contribution < -0.4 is 0 Å². The lowest BCUT2D eigenvalue weighted by Crippen LogP contribution is -2.30. The van der Waals surface area contributed by atoms with Crippen LogP contribution in [-0.2, 0) is 9.59 Å². The van der Waals surface area contributed by atoms with Gasteiger partial charge in [0.2, 0.25) is 0 Å². The van der Waals surface area contributed by atoms with Crippen LogP contribution in [0, 0.1) is 0 Å². The molecule has 44 heavy (non-hydrogen) atoms. The quantitative estimate of drug-likeness (QED) is 0.0777. The van der Waals surface area contributed by atoms with Crippen molar-refractivity contribution in [2.45, 2.75) is 134 Å². The van der Waals surface area contributed by atoms with Crippen LogP contribution in [0.25, 0.3) is 0 Å². The topological polar surface area (TPSA) is 47.1 Å². The molecule has 0 unspecified atom stereocenters. The van der Waals surface area contributed by atoms with E-state index in [0.29, 0.717) is 13.1 Å². The lowest BCUT2D eigenvalue weighted by molar-refractivity contribution is -0.119. The smallest absolute Gasteiger partial charge is 0.143 e. The Balaban J connectivity index is -0.000000242. The molecule has 0 N–H and O–H groups in total. The van der Waals surface area contributed by atoms with Gasteiger partial charge in [0.25, 0.3) is 0 Å². The summed E-state index contributed by atoms with van der Waals surface area (Å²) < 4.78 is 0. The summed E-state index contributed by atoms with van der Waals surface area (Å²) in [5.41, 5.74) is 2.54. The fourth-order valence-corrected chi connectivity index (χ4v) is 5.00. The second-order valence-corrected chi connectivity index (χ2v) is 12.4. The predicted molar refractivity (Wildman–Crippen MR) is 199 cm³/mol. The van der Waals surface area contributed by atoms with Crippen molar-refractivity contribution < 1.29 is 9.59 Å². The molecule has 264 valence electrons. The van der Waals surface area contributed by atoms with Gasteiger partial charge in [0, 0.05) is 13.1 Å². The Hall–Kier alpha value is -1.34. The summed E-state index contributed by atoms with van der Waals surface area (Å²) in [5, 5.41) is 0. The van der Waals surface area contributed by atoms with Crippen LogP contribution in [0.15, 0.2) is 24.3 Å². The van der Waals surface area contributed by atoms with Gasteiger partial charge in [-0.2, -0.15) is 0 Å². The molecule has 0 fully saturated rings. The molecule has 0 bridgehead atoms. The number of rotatable bonds is 24. The maximum Gasteiger partial charge on any atom is 0.143 e. The summed E-state index contributed by atoms with van der Waals surface area (Å²) >= 11 is 0. The number of carbonyl (C=O) groups excluding carboxylic acids is 2. The van der Waals surface area contributed by atoms with E-state index in [1.165, 1.54) is 63.0 Å². The molecule has 0 aliphatic carbocycles. The maximum atomic E-state index is 10.8. The van der Waals surface area contributed by atoms with Gasteiger partial charge in [0.15, 0.2) is 0 Å². The highest BCUT2D eigenvalue weighted by Crippen LogP contribution is 1.99. The number of carbonyl (C=O) groups is 2. The van der Waals surface area contributed by atoms with E-state index in [4.69, 9.17) is 0 Å². The molecule has 0 radical (unpaired) electrons. The first-order valence-electron chi connectivity index (χ1n) is 18.0. The summed E-state index contributed by atoms with van der Waals surface area (Å²) in [5.74, 6) is 0.541. The van der Waals surface area contributed by atoms with Crippen molar-refractivity contribution in [2.24, 2.45) is 0 Å². The van der Waals surface area contributed by atoms with Gasteiger partial charge in [-0.25, -0.2) is 0 Å². The lowest BCUT2D eigenvalue weighted by Gasteiger charge is -2.20. The van der Waals surface area contributed by atoms with Crippen molar-refractivity contribution in [1.82, 2.24) is 19.6 Å². The molecule has 0 aliphatic heterocycles. The van der Waals surface area contributed by atoms with Gasteiger partial charge >= 0.3 is 0 Å². The van der Waals surface area contributed by atoms with Gasteiger partial charge < -0.3 is 0 Å². The first kappa shape index (κ1) is 49.5. The molecule has 0 aromatic heterocycles. The van der Waals surface area contributed by atoms with Crippen molar-refractivity contribution in [2.75, 3.05) is 78.5 Å². The highest BCUT2D eigenvalue weighted by atomic mass is 18.1. The second-order valence-electron chi connectivity index (χ2n) is 12.4. The minimum Gasteiger partial charge on any atom is -0.299 e. The molecule has 6 nitrogen and oxygen atoms in total. The molecule has 0 aromatic carbocycles. The third-order valence-electron chi connectivity index (χ3n) is 6.20. The standard InChI is InChI=1S/2C10H21N.2C9H19NO/c2*1-5-7-11(8-6-2)9-10(3)4;2*1-4-6-10(7-5-2)8-9(3)11/h2*3,5-9H2,1-2,4H3;2*4-8H2,1-3H3/i3+6,10+1;3+6,9+1;9+1;8+1. The van der Waals surface area contributed by atoms with Crippen LogP contribution in [0.2, 0.25) is 0 Å². The molecular weight excluding hydrogens is 560 g/mol. The van der Waals surface area contributed by atoms with Gasteiger partial charge in [0.05, 0.1) is 13.1 Å². The van der Waals surface area contributed by atoms with Crippen molar-refractivity contribution in [3.8, 4) is 0 Å². The van der Waals surface area contributed by atoms with Crippen LogP contribution in [-0.4, -0.2) is 110 Å². The summed E-state index contributed by atoms with van der Waals surface area (Å²) in [6.45, 7) is 45.2. The average molecular weight is 641 g/mol. The van der Waals surface area contributed by atoms with Crippen LogP contribution in [0.1, 0.15) is 134 Å². The summed E-state index contributed by atoms with van der Waals surface area (Å²) in [6, 6.07) is 0. The highest BCUT2D eigenvalue weighted by molar-refractivity contribution is 5.77. The van der Waals surface area contributed by atoms with Crippen LogP contribution in [0.3, 0.4) is 0 Å². The van der Waals surface area contributed by atoms with E-state index in [1.807, 2.05) is 0 Å². The third kappa shape index (κ3) is 42.8. The fraction of sp³-hybridized carbons (Fsp3) is 0.842. The fourth-order valence-electron chi connectivity index (χ4n) is 5.00. The van der Waals surface area contributed by atoms with E-state index >= 15 is 0 Å². The molecule has 0 rings (SSSR count). The predicted octanol–water partition coefficient (Wildman–Crippen LogP) is 8.76. The molecule has 0 aliphatic rings. The second kappa shape index (κ2) is 37.8. The Bertz CT molecular complexity index is 529. The number of Topliss-reactive ketones (excluding diaryl/α,β-unsaturated/α-hetero) is 2. The zero-order chi connectivity index (χ0) is 34.8. The summed E-state index contributed by atoms with van der Waals surface area (Å²) in [4.78, 5) is 30.9. The number of ketones is 2. The minimum absolute atomic E-state index is 0.270. The lowest BCUT2D eigenvalue weighted by atomic mass is 10.4. The van der Waals surface area contributed by atoms with E-state index in [9.17, 15) is 9.59 Å². The first-order valence-corrected chi connectivity index (χ1v) is 18.0. The molecule has 0 heterocycles. The molecular formula is C38H80N4O2. The van der Waals surface area contributed by atoms with Crippen molar-refractivity contribution in [3.63, 3.8) is 0 Å². The largest absolute Gasteiger partial charge is 0.299 e. The monoisotopic (exact) mass is 641 g/mol. The van der Waals surface area contributed by atoms with Gasteiger partial charge in [0.1, 0.15) is 11.6 Å². The van der Waals surface area contributed by atoms with E-state index < -0.39 is 0 Å². The average Bonchev–Trinajstić information content (AvgIpc) is 2.90. The Labute approximate surface area is 277 Å². The van der Waals surface area contributed by atoms with Crippen molar-refractivity contribution in [1.29, 1.82) is 0 Å². The maximum absolute atomic E-state index is 10.8. The van der Waals surface area contributed by atoms with Gasteiger partial charge in [-0.3, -0.25) is 29.2 Å². The highest BCUT2D eigenvalue weighted by Gasteiger charge is 2.05. The summed E-state index contributed by atoms with van der Waals surface area (Å²) in [6.07, 6.45) is 9.50. The SMILES string of the molecule is CCCN(CCC)C[13C](C)=O.CCCN(CCC)C[13C](C)=[18CH2].CCCN(CCC)[13CH2]C(C)=O.CCCN(CCC)[13CH2]C(C)=[18CH2]. The first-order chi connectivity index (χ1) is 20.8. The Kier molecular flexibility index (Phi) is 42.6. The van der Waals surface area contributed by atoms with E-state index in [-0.39, 0.29) is 11.6 Å². The number of nitrogens with zero attached hydrogens (tertiary/aromatic N) is 4. The minimum atomic E-state index is 0.270. The van der Waals surface area contributed by atoms with E-state index in [1.54, 1.807) is 13.8 Å². The Morgan fingerprint density at radius 3 is 0.636 bits per heavy atom. The molecule has 6 heteroatoms. The van der Waals surface area contributed by atoms with Crippen LogP contribution in [0.4, 0.5) is 0 Å². The zero-order valence-corrected chi connectivity index (χ0v) is 32.2.